The molecule has 10 nitrogen and oxygen atoms in total. The van der Waals surface area contributed by atoms with Gasteiger partial charge in [-0.15, -0.1) is 0 Å². The van der Waals surface area contributed by atoms with Gasteiger partial charge >= 0.3 is 6.03 Å². The summed E-state index contributed by atoms with van der Waals surface area (Å²) in [5, 5.41) is 21.1. The van der Waals surface area contributed by atoms with Crippen molar-refractivity contribution in [3.05, 3.63) is 83.6 Å². The Morgan fingerprint density at radius 2 is 1.82 bits per heavy atom. The van der Waals surface area contributed by atoms with Gasteiger partial charge in [0, 0.05) is 29.3 Å². The third kappa shape index (κ3) is 5.03. The van der Waals surface area contributed by atoms with E-state index in [4.69, 9.17) is 14.2 Å². The third-order valence-corrected chi connectivity index (χ3v) is 7.22. The van der Waals surface area contributed by atoms with Crippen LogP contribution in [0.3, 0.4) is 0 Å². The fourth-order valence-electron chi connectivity index (χ4n) is 4.74. The van der Waals surface area contributed by atoms with Crippen molar-refractivity contribution < 1.29 is 28.9 Å². The van der Waals surface area contributed by atoms with E-state index in [2.05, 4.69) is 15.7 Å². The number of ether oxygens (including phenoxy) is 3. The largest absolute Gasteiger partial charge is 0.507 e. The van der Waals surface area contributed by atoms with Crippen molar-refractivity contribution in [2.24, 2.45) is 0 Å². The molecule has 2 aliphatic rings. The number of hydrogen-bond acceptors (Lipinski definition) is 7. The molecule has 1 aliphatic heterocycles. The Balaban J connectivity index is 1.23. The minimum Gasteiger partial charge on any atom is -0.507 e. The van der Waals surface area contributed by atoms with Crippen LogP contribution in [0.25, 0.3) is 11.3 Å². The molecule has 2 amide bonds. The molecule has 3 aromatic carbocycles. The quantitative estimate of drug-likeness (QED) is 0.273. The van der Waals surface area contributed by atoms with E-state index >= 15 is 0 Å². The second-order valence-corrected chi connectivity index (χ2v) is 9.75. The summed E-state index contributed by atoms with van der Waals surface area (Å²) in [4.78, 5) is 26.1. The Kier molecular flexibility index (Phi) is 6.73. The van der Waals surface area contributed by atoms with Crippen molar-refractivity contribution in [3.8, 4) is 34.3 Å². The van der Waals surface area contributed by atoms with Gasteiger partial charge in [0.25, 0.3) is 5.91 Å². The average Bonchev–Trinajstić information content (AvgIpc) is 3.59. The maximum Gasteiger partial charge on any atom is 0.342 e. The number of phenolic OH excluding ortho intramolecular Hbond substituents is 1. The van der Waals surface area contributed by atoms with Crippen LogP contribution in [0.5, 0.6) is 23.0 Å². The van der Waals surface area contributed by atoms with Gasteiger partial charge in [0.05, 0.1) is 18.5 Å². The molecular formula is C30H28N4O6. The number of nitrogens with zero attached hydrogens (tertiary/aromatic N) is 2. The van der Waals surface area contributed by atoms with E-state index in [0.717, 1.165) is 36.3 Å². The number of aromatic hydroxyl groups is 1. The minimum atomic E-state index is -0.351. The molecule has 2 heterocycles. The van der Waals surface area contributed by atoms with Crippen molar-refractivity contribution in [2.75, 3.05) is 19.2 Å². The zero-order valence-corrected chi connectivity index (χ0v) is 21.8. The number of aromatic nitrogens is 2. The van der Waals surface area contributed by atoms with Gasteiger partial charge < -0.3 is 30.0 Å². The first kappa shape index (κ1) is 25.3. The Morgan fingerprint density at radius 1 is 1.02 bits per heavy atom. The zero-order valence-electron chi connectivity index (χ0n) is 21.8. The van der Waals surface area contributed by atoms with Crippen molar-refractivity contribution in [2.45, 2.75) is 31.7 Å². The van der Waals surface area contributed by atoms with Gasteiger partial charge in [0.2, 0.25) is 6.79 Å². The van der Waals surface area contributed by atoms with Gasteiger partial charge in [0.1, 0.15) is 11.5 Å². The number of benzene rings is 3. The van der Waals surface area contributed by atoms with E-state index in [9.17, 15) is 14.7 Å². The second-order valence-electron chi connectivity index (χ2n) is 9.75. The maximum atomic E-state index is 13.2. The Bertz CT molecular complexity index is 1580. The van der Waals surface area contributed by atoms with Crippen molar-refractivity contribution in [1.29, 1.82) is 0 Å². The first-order valence-electron chi connectivity index (χ1n) is 13.0. The predicted molar refractivity (Wildman–Crippen MR) is 147 cm³/mol. The molecule has 1 saturated carbocycles. The van der Waals surface area contributed by atoms with Crippen LogP contribution in [0.2, 0.25) is 0 Å². The maximum absolute atomic E-state index is 13.2. The number of rotatable bonds is 7. The van der Waals surface area contributed by atoms with E-state index in [-0.39, 0.29) is 30.4 Å². The summed E-state index contributed by atoms with van der Waals surface area (Å²) in [7, 11) is 1.61. The molecule has 1 aromatic heterocycles. The molecule has 4 aromatic rings. The SMILES string of the molecule is COc1ccc(CNC(=O)n2nc(-c3cc(NC(=O)c4ccc5c(c4)OCO5)ccc3O)cc2C2CCC2)cc1. The minimum absolute atomic E-state index is 0.00970. The number of hydrogen-bond donors (Lipinski definition) is 3. The summed E-state index contributed by atoms with van der Waals surface area (Å²) < 4.78 is 17.3. The summed E-state index contributed by atoms with van der Waals surface area (Å²) in [6.07, 6.45) is 3.02. The van der Waals surface area contributed by atoms with Crippen LogP contribution in [0.4, 0.5) is 10.5 Å². The molecule has 204 valence electrons. The molecule has 0 atom stereocenters. The van der Waals surface area contributed by atoms with E-state index in [1.54, 1.807) is 37.4 Å². The Morgan fingerprint density at radius 3 is 2.58 bits per heavy atom. The first-order valence-corrected chi connectivity index (χ1v) is 13.0. The van der Waals surface area contributed by atoms with E-state index in [1.807, 2.05) is 30.3 Å². The van der Waals surface area contributed by atoms with Crippen LogP contribution in [-0.4, -0.2) is 40.7 Å². The number of amides is 2. The summed E-state index contributed by atoms with van der Waals surface area (Å²) in [5.41, 5.74) is 3.45. The number of anilines is 1. The number of phenols is 1. The molecule has 1 aliphatic carbocycles. The fourth-order valence-corrected chi connectivity index (χ4v) is 4.74. The fraction of sp³-hybridized carbons (Fsp3) is 0.233. The molecule has 10 heteroatoms. The van der Waals surface area contributed by atoms with Crippen LogP contribution in [0, 0.1) is 0 Å². The smallest absolute Gasteiger partial charge is 0.342 e. The molecular weight excluding hydrogens is 512 g/mol. The van der Waals surface area contributed by atoms with Crippen molar-refractivity contribution >= 4 is 17.6 Å². The van der Waals surface area contributed by atoms with Crippen LogP contribution in [0.15, 0.2) is 66.7 Å². The Labute approximate surface area is 230 Å². The molecule has 40 heavy (non-hydrogen) atoms. The average molecular weight is 541 g/mol. The molecule has 0 unspecified atom stereocenters. The number of fused-ring (bicyclic) bond motifs is 1. The normalized spacial score (nSPS) is 13.9. The van der Waals surface area contributed by atoms with Gasteiger partial charge in [-0.1, -0.05) is 18.6 Å². The van der Waals surface area contributed by atoms with Gasteiger partial charge in [-0.3, -0.25) is 4.79 Å². The van der Waals surface area contributed by atoms with E-state index in [0.29, 0.717) is 40.6 Å². The van der Waals surface area contributed by atoms with E-state index < -0.39 is 0 Å². The third-order valence-electron chi connectivity index (χ3n) is 7.22. The van der Waals surface area contributed by atoms with Crippen molar-refractivity contribution in [1.82, 2.24) is 15.1 Å². The highest BCUT2D eigenvalue weighted by Crippen LogP contribution is 2.39. The molecule has 0 saturated heterocycles. The zero-order chi connectivity index (χ0) is 27.6. The van der Waals surface area contributed by atoms with Gasteiger partial charge in [-0.2, -0.15) is 9.78 Å². The number of carbonyl (C=O) groups excluding carboxylic acids is 2. The monoisotopic (exact) mass is 540 g/mol. The van der Waals surface area contributed by atoms with Crippen LogP contribution in [0.1, 0.15) is 46.8 Å². The lowest BCUT2D eigenvalue weighted by Crippen LogP contribution is -2.31. The predicted octanol–water partition coefficient (Wildman–Crippen LogP) is 5.27. The summed E-state index contributed by atoms with van der Waals surface area (Å²) >= 11 is 0. The standard InChI is InChI=1S/C30H28N4O6/c1-38-22-9-5-18(6-10-22)16-31-30(37)34-25(19-3-2-4-19)15-24(33-34)23-14-21(8-11-26(23)35)32-29(36)20-7-12-27-28(13-20)40-17-39-27/h5-15,19,35H,2-4,16-17H2,1H3,(H,31,37)(H,32,36). The topological polar surface area (TPSA) is 124 Å². The summed E-state index contributed by atoms with van der Waals surface area (Å²) in [5.74, 6) is 1.71. The molecule has 0 bridgehead atoms. The lowest BCUT2D eigenvalue weighted by molar-refractivity contribution is 0.102. The second kappa shape index (κ2) is 10.6. The number of methoxy groups -OCH3 is 1. The molecule has 6 rings (SSSR count). The van der Waals surface area contributed by atoms with Crippen LogP contribution >= 0.6 is 0 Å². The lowest BCUT2D eigenvalue weighted by Gasteiger charge is -2.25. The highest BCUT2D eigenvalue weighted by Gasteiger charge is 2.28. The van der Waals surface area contributed by atoms with Gasteiger partial charge in [0.15, 0.2) is 11.5 Å². The van der Waals surface area contributed by atoms with Gasteiger partial charge in [-0.05, 0) is 73.0 Å². The van der Waals surface area contributed by atoms with Crippen molar-refractivity contribution in [3.63, 3.8) is 0 Å². The molecule has 3 N–H and O–H groups in total. The summed E-state index contributed by atoms with van der Waals surface area (Å²) in [6, 6.07) is 18.7. The van der Waals surface area contributed by atoms with Crippen LogP contribution < -0.4 is 24.8 Å². The number of nitrogens with one attached hydrogen (secondary N) is 2. The van der Waals surface area contributed by atoms with Crippen LogP contribution in [-0.2, 0) is 6.54 Å². The first-order chi connectivity index (χ1) is 19.5. The number of carbonyl (C=O) groups is 2. The summed E-state index contributed by atoms with van der Waals surface area (Å²) in [6.45, 7) is 0.450. The molecule has 0 spiro atoms. The Hall–Kier alpha value is -4.99. The van der Waals surface area contributed by atoms with Gasteiger partial charge in [-0.25, -0.2) is 4.79 Å². The molecule has 1 fully saturated rings. The highest BCUT2D eigenvalue weighted by atomic mass is 16.7. The molecule has 0 radical (unpaired) electrons. The lowest BCUT2D eigenvalue weighted by atomic mass is 9.82. The van der Waals surface area contributed by atoms with E-state index in [1.165, 1.54) is 10.7 Å². The highest BCUT2D eigenvalue weighted by molar-refractivity contribution is 6.05.